The molecule has 0 saturated carbocycles. The number of nitrogens with zero attached hydrogens (tertiary/aromatic N) is 2. The molecule has 1 spiro atoms. The Balaban J connectivity index is 0.00000208. The van der Waals surface area contributed by atoms with Crippen molar-refractivity contribution < 1.29 is 4.79 Å². The molecular weight excluding hydrogens is 343 g/mol. The number of piperidine rings is 1. The van der Waals surface area contributed by atoms with E-state index in [1.54, 1.807) is 0 Å². The van der Waals surface area contributed by atoms with Crippen molar-refractivity contribution in [2.45, 2.75) is 45.4 Å². The first-order chi connectivity index (χ1) is 11.1. The Kier molecular flexibility index (Phi) is 6.97. The second-order valence-electron chi connectivity index (χ2n) is 7.01. The summed E-state index contributed by atoms with van der Waals surface area (Å²) < 4.78 is 0. The van der Waals surface area contributed by atoms with Crippen LogP contribution < -0.4 is 4.90 Å². The minimum absolute atomic E-state index is 0. The molecule has 24 heavy (non-hydrogen) atoms. The summed E-state index contributed by atoms with van der Waals surface area (Å²) in [5.74, 6) is 0.327. The lowest BCUT2D eigenvalue weighted by molar-refractivity contribution is -0.128. The molecule has 0 unspecified atom stereocenters. The zero-order valence-electron chi connectivity index (χ0n) is 14.5. The Morgan fingerprint density at radius 1 is 1.04 bits per heavy atom. The van der Waals surface area contributed by atoms with E-state index in [1.807, 2.05) is 29.2 Å². The molecule has 1 amide bonds. The monoisotopic (exact) mass is 370 g/mol. The Morgan fingerprint density at radius 2 is 1.67 bits per heavy atom. The van der Waals surface area contributed by atoms with Crippen LogP contribution in [-0.4, -0.2) is 37.0 Å². The van der Waals surface area contributed by atoms with Crippen molar-refractivity contribution in [2.24, 2.45) is 5.41 Å². The zero-order valence-corrected chi connectivity index (χ0v) is 16.0. The van der Waals surface area contributed by atoms with Gasteiger partial charge in [0.05, 0.1) is 5.41 Å². The van der Waals surface area contributed by atoms with Crippen LogP contribution in [0.25, 0.3) is 0 Å². The normalized spacial score (nSPS) is 20.4. The van der Waals surface area contributed by atoms with E-state index in [-0.39, 0.29) is 17.8 Å². The molecule has 2 aliphatic heterocycles. The largest absolute Gasteiger partial charge is 0.312 e. The summed E-state index contributed by atoms with van der Waals surface area (Å²) in [5, 5.41) is 0.718. The van der Waals surface area contributed by atoms with Crippen LogP contribution in [0.15, 0.2) is 24.3 Å². The van der Waals surface area contributed by atoms with Gasteiger partial charge in [0.2, 0.25) is 5.91 Å². The first-order valence-electron chi connectivity index (χ1n) is 8.94. The van der Waals surface area contributed by atoms with E-state index < -0.39 is 0 Å². The fourth-order valence-electron chi connectivity index (χ4n) is 3.94. The zero-order chi connectivity index (χ0) is 16.3. The fraction of sp³-hybridized carbons (Fsp3) is 0.632. The molecule has 2 fully saturated rings. The van der Waals surface area contributed by atoms with E-state index >= 15 is 0 Å². The predicted molar refractivity (Wildman–Crippen MR) is 103 cm³/mol. The summed E-state index contributed by atoms with van der Waals surface area (Å²) in [6, 6.07) is 7.65. The number of rotatable bonds is 5. The van der Waals surface area contributed by atoms with Crippen molar-refractivity contribution in [1.82, 2.24) is 4.90 Å². The average molecular weight is 371 g/mol. The molecule has 2 saturated heterocycles. The number of unbranched alkanes of at least 4 members (excludes halogenated alkanes) is 2. The lowest BCUT2D eigenvalue weighted by Gasteiger charge is -2.38. The molecule has 3 rings (SSSR count). The summed E-state index contributed by atoms with van der Waals surface area (Å²) in [6.07, 6.45) is 6.90. The highest BCUT2D eigenvalue weighted by atomic mass is 35.5. The highest BCUT2D eigenvalue weighted by Crippen LogP contribution is 2.43. The van der Waals surface area contributed by atoms with Gasteiger partial charge in [0, 0.05) is 17.3 Å². The second kappa shape index (κ2) is 8.55. The van der Waals surface area contributed by atoms with Crippen LogP contribution in [0.1, 0.15) is 45.4 Å². The molecule has 3 nitrogen and oxygen atoms in total. The van der Waals surface area contributed by atoms with Gasteiger partial charge in [0.25, 0.3) is 0 Å². The number of likely N-dealkylation sites (tertiary alicyclic amines) is 1. The van der Waals surface area contributed by atoms with E-state index in [9.17, 15) is 4.79 Å². The summed E-state index contributed by atoms with van der Waals surface area (Å²) >= 11 is 5.96. The van der Waals surface area contributed by atoms with Crippen LogP contribution >= 0.6 is 24.0 Å². The third-order valence-corrected chi connectivity index (χ3v) is 5.79. The van der Waals surface area contributed by atoms with Gasteiger partial charge in [-0.25, -0.2) is 0 Å². The topological polar surface area (TPSA) is 23.6 Å². The van der Waals surface area contributed by atoms with Gasteiger partial charge in [-0.3, -0.25) is 4.79 Å². The molecule has 2 aliphatic rings. The van der Waals surface area contributed by atoms with Gasteiger partial charge in [-0.05, 0) is 69.6 Å². The molecule has 0 N–H and O–H groups in total. The van der Waals surface area contributed by atoms with Crippen molar-refractivity contribution in [3.63, 3.8) is 0 Å². The molecule has 1 aromatic rings. The van der Waals surface area contributed by atoms with Gasteiger partial charge in [0.1, 0.15) is 0 Å². The van der Waals surface area contributed by atoms with E-state index in [4.69, 9.17) is 11.6 Å². The van der Waals surface area contributed by atoms with Crippen LogP contribution in [0.4, 0.5) is 5.69 Å². The summed E-state index contributed by atoms with van der Waals surface area (Å²) in [7, 11) is 0. The van der Waals surface area contributed by atoms with Gasteiger partial charge < -0.3 is 9.80 Å². The third-order valence-electron chi connectivity index (χ3n) is 5.54. The first kappa shape index (κ1) is 19.6. The van der Waals surface area contributed by atoms with Gasteiger partial charge in [-0.1, -0.05) is 31.4 Å². The number of halogens is 2. The molecule has 0 radical (unpaired) electrons. The lowest BCUT2D eigenvalue weighted by Crippen LogP contribution is -2.45. The summed E-state index contributed by atoms with van der Waals surface area (Å²) in [5.41, 5.74) is 0.877. The first-order valence-corrected chi connectivity index (χ1v) is 9.32. The quantitative estimate of drug-likeness (QED) is 0.696. The van der Waals surface area contributed by atoms with Gasteiger partial charge in [-0.15, -0.1) is 12.4 Å². The molecule has 134 valence electrons. The highest BCUT2D eigenvalue weighted by molar-refractivity contribution is 6.30. The minimum Gasteiger partial charge on any atom is -0.312 e. The maximum atomic E-state index is 13.0. The van der Waals surface area contributed by atoms with Crippen molar-refractivity contribution in [3.05, 3.63) is 29.3 Å². The smallest absolute Gasteiger partial charge is 0.233 e. The highest BCUT2D eigenvalue weighted by Gasteiger charge is 2.48. The van der Waals surface area contributed by atoms with Crippen LogP contribution in [0.3, 0.4) is 0 Å². The number of benzene rings is 1. The van der Waals surface area contributed by atoms with Gasteiger partial charge in [-0.2, -0.15) is 0 Å². The maximum absolute atomic E-state index is 13.0. The number of carbonyl (C=O) groups is 1. The van der Waals surface area contributed by atoms with Crippen LogP contribution in [0.2, 0.25) is 5.02 Å². The average Bonchev–Trinajstić information content (AvgIpc) is 2.88. The van der Waals surface area contributed by atoms with Crippen LogP contribution in [-0.2, 0) is 4.79 Å². The van der Waals surface area contributed by atoms with Crippen molar-refractivity contribution in [1.29, 1.82) is 0 Å². The molecule has 0 aliphatic carbocycles. The Labute approximate surface area is 156 Å². The van der Waals surface area contributed by atoms with Crippen molar-refractivity contribution in [3.8, 4) is 0 Å². The third kappa shape index (κ3) is 4.07. The standard InChI is InChI=1S/C19H27ClN2O.ClH/c1-2-3-4-12-21-13-9-19(10-14-21)11-15-22(18(19)23)17-7-5-16(20)6-8-17;/h5-8H,2-4,9-15H2,1H3;1H. The van der Waals surface area contributed by atoms with Crippen molar-refractivity contribution >= 4 is 35.6 Å². The molecule has 0 aromatic heterocycles. The summed E-state index contributed by atoms with van der Waals surface area (Å²) in [6.45, 7) is 6.43. The number of amides is 1. The van der Waals surface area contributed by atoms with Crippen molar-refractivity contribution in [2.75, 3.05) is 31.1 Å². The molecule has 0 bridgehead atoms. The fourth-order valence-corrected chi connectivity index (χ4v) is 4.07. The number of carbonyl (C=O) groups excluding carboxylic acids is 1. The van der Waals surface area contributed by atoms with Crippen LogP contribution in [0, 0.1) is 5.41 Å². The Bertz CT molecular complexity index is 539. The van der Waals surface area contributed by atoms with Crippen LogP contribution in [0.5, 0.6) is 0 Å². The summed E-state index contributed by atoms with van der Waals surface area (Å²) in [4.78, 5) is 17.5. The SMILES string of the molecule is CCCCCN1CCC2(CC1)CCN(c1ccc(Cl)cc1)C2=O.Cl. The number of anilines is 1. The minimum atomic E-state index is -0.110. The van der Waals surface area contributed by atoms with E-state index in [0.717, 1.165) is 49.6 Å². The molecule has 5 heteroatoms. The van der Waals surface area contributed by atoms with E-state index in [2.05, 4.69) is 11.8 Å². The lowest BCUT2D eigenvalue weighted by atomic mass is 9.77. The Hall–Kier alpha value is -0.770. The van der Waals surface area contributed by atoms with Gasteiger partial charge in [0.15, 0.2) is 0 Å². The maximum Gasteiger partial charge on any atom is 0.233 e. The van der Waals surface area contributed by atoms with E-state index in [0.29, 0.717) is 5.91 Å². The Morgan fingerprint density at radius 3 is 2.29 bits per heavy atom. The van der Waals surface area contributed by atoms with E-state index in [1.165, 1.54) is 25.8 Å². The second-order valence-corrected chi connectivity index (χ2v) is 7.45. The molecule has 0 atom stereocenters. The molecular formula is C19H28Cl2N2O. The number of hydrogen-bond acceptors (Lipinski definition) is 2. The number of hydrogen-bond donors (Lipinski definition) is 0. The predicted octanol–water partition coefficient (Wildman–Crippen LogP) is 4.77. The molecule has 1 aromatic carbocycles. The van der Waals surface area contributed by atoms with Gasteiger partial charge >= 0.3 is 0 Å². The molecule has 2 heterocycles.